The molecular weight excluding hydrogens is 522 g/mol. The van der Waals surface area contributed by atoms with Gasteiger partial charge >= 0.3 is 0 Å². The number of unbranched alkanes of at least 4 members (excludes halogenated alkanes) is 1. The summed E-state index contributed by atoms with van der Waals surface area (Å²) in [4.78, 5) is 28.9. The average molecular weight is 556 g/mol. The van der Waals surface area contributed by atoms with Gasteiger partial charge in [0.25, 0.3) is 0 Å². The molecule has 202 valence electrons. The van der Waals surface area contributed by atoms with E-state index in [0.29, 0.717) is 17.1 Å². The molecule has 9 heteroatoms. The van der Waals surface area contributed by atoms with E-state index in [1.807, 2.05) is 55.5 Å². The summed E-state index contributed by atoms with van der Waals surface area (Å²) in [5, 5.41) is 3.50. The van der Waals surface area contributed by atoms with Gasteiger partial charge in [0.2, 0.25) is 21.8 Å². The first-order valence-electron chi connectivity index (χ1n) is 12.5. The lowest BCUT2D eigenvalue weighted by molar-refractivity contribution is -0.141. The standard InChI is InChI=1S/C29H34ClN3O4S/c1-3-4-19-31-29(35)28(25-13-9-6-10-14-25)33(21-24-15-17-26(30)18-16-24)27(34)22-32(38(2,36)37)20-23-11-7-5-8-12-23/h5-18,28H,3-4,19-22H2,1-2H3,(H,31,35). The van der Waals surface area contributed by atoms with E-state index in [0.717, 1.165) is 34.5 Å². The molecule has 1 N–H and O–H groups in total. The fourth-order valence-corrected chi connectivity index (χ4v) is 4.88. The normalized spacial score (nSPS) is 12.2. The van der Waals surface area contributed by atoms with Crippen molar-refractivity contribution in [1.29, 1.82) is 0 Å². The summed E-state index contributed by atoms with van der Waals surface area (Å²) in [6.07, 6.45) is 2.79. The molecule has 3 aromatic carbocycles. The lowest BCUT2D eigenvalue weighted by atomic mass is 10.0. The van der Waals surface area contributed by atoms with Crippen molar-refractivity contribution in [3.8, 4) is 0 Å². The number of hydrogen-bond donors (Lipinski definition) is 1. The van der Waals surface area contributed by atoms with Crippen molar-refractivity contribution in [2.75, 3.05) is 19.3 Å². The Labute approximate surface area is 230 Å². The molecule has 2 amide bonds. The highest BCUT2D eigenvalue weighted by atomic mass is 35.5. The molecule has 3 rings (SSSR count). The van der Waals surface area contributed by atoms with Crippen molar-refractivity contribution in [3.63, 3.8) is 0 Å². The Morgan fingerprint density at radius 3 is 2.03 bits per heavy atom. The first-order chi connectivity index (χ1) is 18.2. The number of halogens is 1. The maximum atomic E-state index is 13.9. The molecule has 0 bridgehead atoms. The molecule has 0 saturated heterocycles. The Balaban J connectivity index is 1.99. The first kappa shape index (κ1) is 29.4. The smallest absolute Gasteiger partial charge is 0.247 e. The molecule has 1 atom stereocenters. The van der Waals surface area contributed by atoms with Crippen molar-refractivity contribution >= 4 is 33.4 Å². The molecule has 7 nitrogen and oxygen atoms in total. The number of nitrogens with zero attached hydrogens (tertiary/aromatic N) is 2. The van der Waals surface area contributed by atoms with Crippen LogP contribution in [0.2, 0.25) is 5.02 Å². The highest BCUT2D eigenvalue weighted by Crippen LogP contribution is 2.25. The highest BCUT2D eigenvalue weighted by Gasteiger charge is 2.33. The van der Waals surface area contributed by atoms with Gasteiger partial charge < -0.3 is 10.2 Å². The molecule has 0 saturated carbocycles. The molecular formula is C29H34ClN3O4S. The van der Waals surface area contributed by atoms with Crippen molar-refractivity contribution in [3.05, 3.63) is 107 Å². The van der Waals surface area contributed by atoms with Crippen LogP contribution in [-0.4, -0.2) is 48.8 Å². The number of rotatable bonds is 13. The van der Waals surface area contributed by atoms with Crippen LogP contribution in [0.15, 0.2) is 84.9 Å². The number of carbonyl (C=O) groups excluding carboxylic acids is 2. The predicted molar refractivity (Wildman–Crippen MR) is 151 cm³/mol. The quantitative estimate of drug-likeness (QED) is 0.307. The van der Waals surface area contributed by atoms with E-state index in [-0.39, 0.29) is 19.0 Å². The van der Waals surface area contributed by atoms with Gasteiger partial charge in [0.05, 0.1) is 12.8 Å². The van der Waals surface area contributed by atoms with Crippen LogP contribution in [0.3, 0.4) is 0 Å². The lowest BCUT2D eigenvalue weighted by Crippen LogP contribution is -2.47. The molecule has 3 aromatic rings. The number of amides is 2. The van der Waals surface area contributed by atoms with Gasteiger partial charge in [-0.05, 0) is 35.2 Å². The number of hydrogen-bond acceptors (Lipinski definition) is 4. The fraction of sp³-hybridized carbons (Fsp3) is 0.310. The predicted octanol–water partition coefficient (Wildman–Crippen LogP) is 4.79. The number of sulfonamides is 1. The third-order valence-electron chi connectivity index (χ3n) is 6.07. The first-order valence-corrected chi connectivity index (χ1v) is 14.8. The van der Waals surface area contributed by atoms with E-state index in [1.165, 1.54) is 4.90 Å². The zero-order valence-electron chi connectivity index (χ0n) is 21.7. The van der Waals surface area contributed by atoms with Crippen LogP contribution in [0.1, 0.15) is 42.5 Å². The van der Waals surface area contributed by atoms with Crippen molar-refractivity contribution in [2.24, 2.45) is 0 Å². The second-order valence-corrected chi connectivity index (χ2v) is 11.5. The molecule has 0 heterocycles. The molecule has 0 spiro atoms. The van der Waals surface area contributed by atoms with E-state index in [2.05, 4.69) is 5.32 Å². The molecule has 0 aliphatic carbocycles. The van der Waals surface area contributed by atoms with Gasteiger partial charge in [-0.2, -0.15) is 4.31 Å². The SMILES string of the molecule is CCCCNC(=O)C(c1ccccc1)N(Cc1ccc(Cl)cc1)C(=O)CN(Cc1ccccc1)S(C)(=O)=O. The topological polar surface area (TPSA) is 86.8 Å². The zero-order chi connectivity index (χ0) is 27.5. The van der Waals surface area contributed by atoms with Gasteiger partial charge in [-0.25, -0.2) is 8.42 Å². The third-order valence-corrected chi connectivity index (χ3v) is 7.52. The van der Waals surface area contributed by atoms with Crippen LogP contribution in [0.25, 0.3) is 0 Å². The highest BCUT2D eigenvalue weighted by molar-refractivity contribution is 7.88. The summed E-state index contributed by atoms with van der Waals surface area (Å²) in [7, 11) is -3.73. The third kappa shape index (κ3) is 8.68. The number of carbonyl (C=O) groups is 2. The Kier molecular flexibility index (Phi) is 10.9. The molecule has 0 fully saturated rings. The van der Waals surface area contributed by atoms with E-state index >= 15 is 0 Å². The Hall–Kier alpha value is -3.20. The van der Waals surface area contributed by atoms with E-state index < -0.39 is 28.5 Å². The Bertz CT molecular complexity index is 1290. The van der Waals surface area contributed by atoms with E-state index in [1.54, 1.807) is 36.4 Å². The average Bonchev–Trinajstić information content (AvgIpc) is 2.90. The second kappa shape index (κ2) is 14.1. The molecule has 0 aliphatic rings. The number of benzene rings is 3. The van der Waals surface area contributed by atoms with Crippen molar-refractivity contribution in [1.82, 2.24) is 14.5 Å². The van der Waals surface area contributed by atoms with Crippen LogP contribution in [-0.2, 0) is 32.7 Å². The fourth-order valence-electron chi connectivity index (χ4n) is 4.02. The van der Waals surface area contributed by atoms with Crippen LogP contribution < -0.4 is 5.32 Å². The zero-order valence-corrected chi connectivity index (χ0v) is 23.3. The van der Waals surface area contributed by atoms with Crippen LogP contribution >= 0.6 is 11.6 Å². The molecule has 0 radical (unpaired) electrons. The maximum absolute atomic E-state index is 13.9. The molecule has 0 aromatic heterocycles. The summed E-state index contributed by atoms with van der Waals surface area (Å²) < 4.78 is 26.5. The van der Waals surface area contributed by atoms with Gasteiger partial charge in [-0.1, -0.05) is 97.7 Å². The van der Waals surface area contributed by atoms with Crippen LogP contribution in [0, 0.1) is 0 Å². The Morgan fingerprint density at radius 1 is 0.868 bits per heavy atom. The summed E-state index contributed by atoms with van der Waals surface area (Å²) in [6.45, 7) is 2.24. The Morgan fingerprint density at radius 2 is 1.45 bits per heavy atom. The monoisotopic (exact) mass is 555 g/mol. The van der Waals surface area contributed by atoms with Gasteiger partial charge in [-0.15, -0.1) is 0 Å². The summed E-state index contributed by atoms with van der Waals surface area (Å²) in [5.41, 5.74) is 2.16. The van der Waals surface area contributed by atoms with Gasteiger partial charge in [0.15, 0.2) is 0 Å². The second-order valence-electron chi connectivity index (χ2n) is 9.12. The minimum absolute atomic E-state index is 0.0406. The lowest BCUT2D eigenvalue weighted by Gasteiger charge is -2.33. The van der Waals surface area contributed by atoms with Crippen LogP contribution in [0.4, 0.5) is 0 Å². The van der Waals surface area contributed by atoms with Crippen molar-refractivity contribution in [2.45, 2.75) is 38.9 Å². The number of nitrogens with one attached hydrogen (secondary N) is 1. The summed E-state index contributed by atoms with van der Waals surface area (Å²) in [5.74, 6) is -0.804. The van der Waals surface area contributed by atoms with E-state index in [4.69, 9.17) is 11.6 Å². The molecule has 0 aliphatic heterocycles. The van der Waals surface area contributed by atoms with Crippen molar-refractivity contribution < 1.29 is 18.0 Å². The van der Waals surface area contributed by atoms with Gasteiger partial charge in [0, 0.05) is 24.7 Å². The largest absolute Gasteiger partial charge is 0.354 e. The molecule has 38 heavy (non-hydrogen) atoms. The minimum Gasteiger partial charge on any atom is -0.354 e. The van der Waals surface area contributed by atoms with Gasteiger partial charge in [0.1, 0.15) is 6.04 Å². The van der Waals surface area contributed by atoms with Crippen LogP contribution in [0.5, 0.6) is 0 Å². The molecule has 1 unspecified atom stereocenters. The maximum Gasteiger partial charge on any atom is 0.247 e. The van der Waals surface area contributed by atoms with Gasteiger partial charge in [-0.3, -0.25) is 9.59 Å². The van der Waals surface area contributed by atoms with E-state index in [9.17, 15) is 18.0 Å². The summed E-state index contributed by atoms with van der Waals surface area (Å²) >= 11 is 6.07. The minimum atomic E-state index is -3.73. The summed E-state index contributed by atoms with van der Waals surface area (Å²) in [6, 6.07) is 24.2.